The predicted molar refractivity (Wildman–Crippen MR) is 132 cm³/mol. The molecule has 0 saturated heterocycles. The van der Waals surface area contributed by atoms with Gasteiger partial charge in [-0.1, -0.05) is 89.3 Å². The van der Waals surface area contributed by atoms with E-state index in [-0.39, 0.29) is 0 Å². The van der Waals surface area contributed by atoms with Gasteiger partial charge in [-0.2, -0.15) is 0 Å². The van der Waals surface area contributed by atoms with Crippen molar-refractivity contribution in [3.63, 3.8) is 0 Å². The summed E-state index contributed by atoms with van der Waals surface area (Å²) in [4.78, 5) is 0. The van der Waals surface area contributed by atoms with E-state index in [2.05, 4.69) is 126 Å². The molecule has 0 amide bonds. The number of rotatable bonds is 9. The zero-order valence-corrected chi connectivity index (χ0v) is 18.7. The quantitative estimate of drug-likeness (QED) is 0.112. The van der Waals surface area contributed by atoms with Gasteiger partial charge in [-0.3, -0.25) is 0 Å². The Morgan fingerprint density at radius 1 is 0.593 bits per heavy atom. The zero-order chi connectivity index (χ0) is 18.8. The molecule has 3 rings (SSSR count). The van der Waals surface area contributed by atoms with Crippen molar-refractivity contribution in [1.82, 2.24) is 0 Å². The van der Waals surface area contributed by atoms with Crippen molar-refractivity contribution in [2.24, 2.45) is 0 Å². The minimum absolute atomic E-state index is 1.08. The SMILES string of the molecule is ICCCCC=CC[P+](c1ccccc1)(c1ccccc1)c1ccccc1. The lowest BCUT2D eigenvalue weighted by Gasteiger charge is -2.26. The fraction of sp³-hybridized carbons (Fsp3) is 0.200. The van der Waals surface area contributed by atoms with E-state index in [4.69, 9.17) is 0 Å². The summed E-state index contributed by atoms with van der Waals surface area (Å²) in [5.74, 6) is 0. The van der Waals surface area contributed by atoms with Crippen molar-refractivity contribution in [3.8, 4) is 0 Å². The van der Waals surface area contributed by atoms with Gasteiger partial charge in [0.1, 0.15) is 23.2 Å². The van der Waals surface area contributed by atoms with Crippen LogP contribution in [0.1, 0.15) is 19.3 Å². The van der Waals surface area contributed by atoms with Crippen LogP contribution in [-0.4, -0.2) is 10.6 Å². The molecule has 0 bridgehead atoms. The maximum atomic E-state index is 2.47. The minimum atomic E-state index is -1.70. The highest BCUT2D eigenvalue weighted by atomic mass is 127. The smallest absolute Gasteiger partial charge is 0.0864 e. The van der Waals surface area contributed by atoms with Crippen LogP contribution in [0, 0.1) is 0 Å². The van der Waals surface area contributed by atoms with Gasteiger partial charge in [0.2, 0.25) is 0 Å². The molecule has 0 nitrogen and oxygen atoms in total. The molecule has 0 atom stereocenters. The Labute approximate surface area is 178 Å². The second kappa shape index (κ2) is 10.8. The van der Waals surface area contributed by atoms with Crippen LogP contribution in [0.25, 0.3) is 0 Å². The summed E-state index contributed by atoms with van der Waals surface area (Å²) in [6.45, 7) is 0. The first-order valence-electron chi connectivity index (χ1n) is 9.64. The Hall–Kier alpha value is -1.44. The van der Waals surface area contributed by atoms with E-state index in [0.29, 0.717) is 0 Å². The highest BCUT2D eigenvalue weighted by molar-refractivity contribution is 14.1. The standard InChI is InChI=1S/C25H27IP/c26-21-13-2-1-3-14-22-27(23-15-7-4-8-16-23,24-17-9-5-10-18-24)25-19-11-6-12-20-25/h3-12,14-20H,1-2,13,21-22H2/q+1. The minimum Gasteiger partial charge on any atom is -0.0864 e. The molecule has 138 valence electrons. The molecule has 27 heavy (non-hydrogen) atoms. The average Bonchev–Trinajstić information content (AvgIpc) is 2.75. The van der Waals surface area contributed by atoms with Crippen LogP contribution in [0.15, 0.2) is 103 Å². The number of benzene rings is 3. The molecule has 0 fully saturated rings. The van der Waals surface area contributed by atoms with E-state index in [0.717, 1.165) is 6.16 Å². The summed E-state index contributed by atoms with van der Waals surface area (Å²) in [6.07, 6.45) is 9.69. The van der Waals surface area contributed by atoms with E-state index in [1.807, 2.05) is 0 Å². The molecule has 0 saturated carbocycles. The van der Waals surface area contributed by atoms with Gasteiger partial charge in [0.15, 0.2) is 0 Å². The van der Waals surface area contributed by atoms with Gasteiger partial charge in [-0.15, -0.1) is 0 Å². The molecular weight excluding hydrogens is 458 g/mol. The van der Waals surface area contributed by atoms with Crippen molar-refractivity contribution in [1.29, 1.82) is 0 Å². The normalized spacial score (nSPS) is 11.7. The zero-order valence-electron chi connectivity index (χ0n) is 15.7. The Morgan fingerprint density at radius 3 is 1.44 bits per heavy atom. The second-order valence-corrected chi connectivity index (χ2v) is 11.3. The molecule has 0 spiro atoms. The van der Waals surface area contributed by atoms with Crippen LogP contribution in [0.2, 0.25) is 0 Å². The monoisotopic (exact) mass is 485 g/mol. The van der Waals surface area contributed by atoms with Crippen LogP contribution >= 0.6 is 29.9 Å². The fourth-order valence-corrected chi connectivity index (χ4v) is 8.09. The average molecular weight is 485 g/mol. The van der Waals surface area contributed by atoms with Gasteiger partial charge < -0.3 is 0 Å². The van der Waals surface area contributed by atoms with Crippen LogP contribution in [0.3, 0.4) is 0 Å². The van der Waals surface area contributed by atoms with Crippen LogP contribution in [0.5, 0.6) is 0 Å². The van der Waals surface area contributed by atoms with Crippen molar-refractivity contribution in [2.75, 3.05) is 10.6 Å². The van der Waals surface area contributed by atoms with E-state index in [1.165, 1.54) is 39.6 Å². The number of hydrogen-bond donors (Lipinski definition) is 0. The van der Waals surface area contributed by atoms with Crippen molar-refractivity contribution in [2.45, 2.75) is 19.3 Å². The third kappa shape index (κ3) is 5.09. The van der Waals surface area contributed by atoms with E-state index in [1.54, 1.807) is 0 Å². The lowest BCUT2D eigenvalue weighted by molar-refractivity contribution is 0.830. The summed E-state index contributed by atoms with van der Waals surface area (Å²) in [5.41, 5.74) is 0. The predicted octanol–water partition coefficient (Wildman–Crippen LogP) is 6.14. The van der Waals surface area contributed by atoms with Crippen molar-refractivity contribution >= 4 is 45.8 Å². The largest absolute Gasteiger partial charge is 0.115 e. The number of allylic oxidation sites excluding steroid dienone is 2. The summed E-state index contributed by atoms with van der Waals surface area (Å²) in [7, 11) is -1.70. The molecule has 3 aromatic carbocycles. The van der Waals surface area contributed by atoms with Gasteiger partial charge in [-0.25, -0.2) is 0 Å². The molecule has 0 aromatic heterocycles. The number of alkyl halides is 1. The van der Waals surface area contributed by atoms with Gasteiger partial charge in [0.25, 0.3) is 0 Å². The van der Waals surface area contributed by atoms with Gasteiger partial charge in [0.05, 0.1) is 6.16 Å². The summed E-state index contributed by atoms with van der Waals surface area (Å²) >= 11 is 2.47. The molecule has 0 aliphatic rings. The Balaban J connectivity index is 2.06. The van der Waals surface area contributed by atoms with Crippen LogP contribution < -0.4 is 15.9 Å². The molecule has 0 N–H and O–H groups in total. The van der Waals surface area contributed by atoms with Crippen molar-refractivity contribution in [3.05, 3.63) is 103 Å². The Kier molecular flexibility index (Phi) is 8.10. The van der Waals surface area contributed by atoms with Crippen molar-refractivity contribution < 1.29 is 0 Å². The van der Waals surface area contributed by atoms with E-state index in [9.17, 15) is 0 Å². The highest BCUT2D eigenvalue weighted by Gasteiger charge is 2.43. The maximum absolute atomic E-state index is 2.47. The molecule has 0 aliphatic carbocycles. The molecule has 2 heteroatoms. The lowest BCUT2D eigenvalue weighted by atomic mass is 10.2. The third-order valence-electron chi connectivity index (χ3n) is 4.89. The number of hydrogen-bond acceptors (Lipinski definition) is 0. The summed E-state index contributed by atoms with van der Waals surface area (Å²) in [6, 6.07) is 33.3. The fourth-order valence-electron chi connectivity index (χ4n) is 3.52. The molecule has 0 aliphatic heterocycles. The van der Waals surface area contributed by atoms with Crippen LogP contribution in [-0.2, 0) is 0 Å². The lowest BCUT2D eigenvalue weighted by Crippen LogP contribution is -2.32. The van der Waals surface area contributed by atoms with Crippen LogP contribution in [0.4, 0.5) is 0 Å². The van der Waals surface area contributed by atoms with Gasteiger partial charge in [0, 0.05) is 0 Å². The molecule has 3 aromatic rings. The summed E-state index contributed by atoms with van der Waals surface area (Å²) < 4.78 is 1.25. The Bertz CT molecular complexity index is 716. The first kappa shape index (κ1) is 20.3. The first-order valence-corrected chi connectivity index (χ1v) is 13.1. The Morgan fingerprint density at radius 2 is 1.04 bits per heavy atom. The second-order valence-electron chi connectivity index (χ2n) is 6.66. The first-order chi connectivity index (χ1) is 13.4. The van der Waals surface area contributed by atoms with Gasteiger partial charge in [-0.05, 0) is 60.1 Å². The number of unbranched alkanes of at least 4 members (excludes halogenated alkanes) is 2. The maximum Gasteiger partial charge on any atom is 0.115 e. The number of halogens is 1. The van der Waals surface area contributed by atoms with E-state index < -0.39 is 7.26 Å². The van der Waals surface area contributed by atoms with E-state index >= 15 is 0 Å². The molecule has 0 unspecified atom stereocenters. The summed E-state index contributed by atoms with van der Waals surface area (Å²) in [5, 5.41) is 4.37. The third-order valence-corrected chi connectivity index (χ3v) is 9.95. The highest BCUT2D eigenvalue weighted by Crippen LogP contribution is 2.55. The molecular formula is C25H27IP+. The molecule has 0 radical (unpaired) electrons. The molecule has 0 heterocycles. The topological polar surface area (TPSA) is 0 Å². The van der Waals surface area contributed by atoms with Gasteiger partial charge >= 0.3 is 0 Å².